The van der Waals surface area contributed by atoms with Crippen molar-refractivity contribution in [1.82, 2.24) is 0 Å². The van der Waals surface area contributed by atoms with Gasteiger partial charge in [0.25, 0.3) is 0 Å². The van der Waals surface area contributed by atoms with Crippen LogP contribution in [0.2, 0.25) is 0 Å². The molecule has 4 aliphatic carbocycles. The van der Waals surface area contributed by atoms with Gasteiger partial charge in [-0.25, -0.2) is 0 Å². The predicted octanol–water partition coefficient (Wildman–Crippen LogP) is 3.87. The van der Waals surface area contributed by atoms with Crippen LogP contribution in [0.1, 0.15) is 106 Å². The van der Waals surface area contributed by atoms with E-state index in [1.54, 1.807) is 6.92 Å². The Morgan fingerprint density at radius 2 is 1.53 bits per heavy atom. The van der Waals surface area contributed by atoms with Crippen LogP contribution in [-0.4, -0.2) is 85.8 Å². The Hall–Kier alpha value is -0.320. The predicted molar refractivity (Wildman–Crippen MR) is 164 cm³/mol. The molecule has 0 aromatic rings. The van der Waals surface area contributed by atoms with Gasteiger partial charge in [0.15, 0.2) is 6.29 Å². The second-order valence-electron chi connectivity index (χ2n) is 16.4. The van der Waals surface area contributed by atoms with E-state index < -0.39 is 49.0 Å². The normalized spacial score (nSPS) is 52.2. The van der Waals surface area contributed by atoms with Gasteiger partial charge < -0.3 is 40.1 Å². The first-order chi connectivity index (χ1) is 20.1. The van der Waals surface area contributed by atoms with Crippen molar-refractivity contribution in [3.05, 3.63) is 0 Å². The van der Waals surface area contributed by atoms with E-state index in [-0.39, 0.29) is 40.6 Å². The molecule has 8 heteroatoms. The fraction of sp³-hybridized carbons (Fsp3) is 1.00. The van der Waals surface area contributed by atoms with Crippen LogP contribution < -0.4 is 0 Å². The van der Waals surface area contributed by atoms with Gasteiger partial charge in [-0.15, -0.1) is 0 Å². The maximum Gasteiger partial charge on any atom is 0.186 e. The van der Waals surface area contributed by atoms with Gasteiger partial charge in [0.05, 0.1) is 30.5 Å². The summed E-state index contributed by atoms with van der Waals surface area (Å²) in [6.45, 7) is 15.1. The molecule has 0 aromatic heterocycles. The van der Waals surface area contributed by atoms with Gasteiger partial charge in [-0.1, -0.05) is 48.0 Å². The Labute approximate surface area is 259 Å². The molecule has 18 atom stereocenters. The minimum atomic E-state index is -1.43. The van der Waals surface area contributed by atoms with Crippen LogP contribution in [0.4, 0.5) is 0 Å². The SMILES string of the molecule is CC[C@H](C(C)C)[C@@H](O)C[C@@H](C)[C@H]1[C@@H](O[C@H]2O[C@H](C)[C@@H](O)[C@H](O)[C@@H]2O)[C@@H](O)[C@H]2[C@@H]3CC[C@H]4C[C@@H](O)CC[C@]4(C)[C@H]3CC[C@]12C. The van der Waals surface area contributed by atoms with Crippen LogP contribution in [0.3, 0.4) is 0 Å². The van der Waals surface area contributed by atoms with Gasteiger partial charge in [-0.2, -0.15) is 0 Å². The zero-order valence-corrected chi connectivity index (χ0v) is 27.7. The van der Waals surface area contributed by atoms with Crippen LogP contribution in [0.25, 0.3) is 0 Å². The van der Waals surface area contributed by atoms with Crippen molar-refractivity contribution in [2.45, 2.75) is 161 Å². The number of fused-ring (bicyclic) bond motifs is 5. The Morgan fingerprint density at radius 1 is 0.860 bits per heavy atom. The number of hydrogen-bond acceptors (Lipinski definition) is 8. The first-order valence-corrected chi connectivity index (χ1v) is 17.5. The van der Waals surface area contributed by atoms with Crippen LogP contribution >= 0.6 is 0 Å². The highest BCUT2D eigenvalue weighted by Gasteiger charge is 2.67. The highest BCUT2D eigenvalue weighted by atomic mass is 16.7. The van der Waals surface area contributed by atoms with E-state index >= 15 is 0 Å². The lowest BCUT2D eigenvalue weighted by Gasteiger charge is -2.61. The molecule has 6 N–H and O–H groups in total. The molecule has 0 aromatic carbocycles. The monoisotopic (exact) mass is 610 g/mol. The average molecular weight is 611 g/mol. The molecule has 250 valence electrons. The van der Waals surface area contributed by atoms with Crippen LogP contribution in [-0.2, 0) is 9.47 Å². The molecule has 0 amide bonds. The summed E-state index contributed by atoms with van der Waals surface area (Å²) in [5, 5.41) is 66.0. The molecule has 0 radical (unpaired) electrons. The molecule has 1 saturated heterocycles. The number of rotatable bonds is 8. The van der Waals surface area contributed by atoms with Crippen molar-refractivity contribution in [2.75, 3.05) is 0 Å². The smallest absolute Gasteiger partial charge is 0.186 e. The Kier molecular flexibility index (Phi) is 10.1. The molecule has 5 rings (SSSR count). The molecule has 5 aliphatic rings. The van der Waals surface area contributed by atoms with Crippen molar-refractivity contribution >= 4 is 0 Å². The zero-order chi connectivity index (χ0) is 31.6. The Bertz CT molecular complexity index is 947. The topological polar surface area (TPSA) is 140 Å². The molecule has 1 heterocycles. The van der Waals surface area contributed by atoms with Crippen molar-refractivity contribution < 1.29 is 40.1 Å². The van der Waals surface area contributed by atoms with Crippen molar-refractivity contribution in [3.63, 3.8) is 0 Å². The summed E-state index contributed by atoms with van der Waals surface area (Å²) < 4.78 is 12.5. The van der Waals surface area contributed by atoms with Gasteiger partial charge in [0, 0.05) is 0 Å². The van der Waals surface area contributed by atoms with E-state index in [9.17, 15) is 30.6 Å². The largest absolute Gasteiger partial charge is 0.393 e. The third-order valence-corrected chi connectivity index (χ3v) is 13.9. The number of aliphatic hydroxyl groups is 6. The number of ether oxygens (including phenoxy) is 2. The van der Waals surface area contributed by atoms with Gasteiger partial charge in [0.1, 0.15) is 18.3 Å². The lowest BCUT2D eigenvalue weighted by Crippen LogP contribution is -2.58. The molecule has 0 bridgehead atoms. The van der Waals surface area contributed by atoms with Crippen LogP contribution in [0.5, 0.6) is 0 Å². The van der Waals surface area contributed by atoms with Gasteiger partial charge in [-0.05, 0) is 116 Å². The minimum absolute atomic E-state index is 0.00575. The third-order valence-electron chi connectivity index (χ3n) is 13.9. The lowest BCUT2D eigenvalue weighted by atomic mass is 9.44. The highest BCUT2D eigenvalue weighted by Crippen LogP contribution is 2.69. The van der Waals surface area contributed by atoms with E-state index in [0.717, 1.165) is 51.4 Å². The summed E-state index contributed by atoms with van der Waals surface area (Å²) in [6.07, 6.45) is 0.364. The molecule has 5 fully saturated rings. The van der Waals surface area contributed by atoms with E-state index in [2.05, 4.69) is 41.5 Å². The van der Waals surface area contributed by atoms with Crippen molar-refractivity contribution in [3.8, 4) is 0 Å². The van der Waals surface area contributed by atoms with E-state index in [1.165, 1.54) is 0 Å². The highest BCUT2D eigenvalue weighted by molar-refractivity contribution is 5.15. The molecule has 43 heavy (non-hydrogen) atoms. The van der Waals surface area contributed by atoms with E-state index in [0.29, 0.717) is 30.1 Å². The summed E-state index contributed by atoms with van der Waals surface area (Å²) in [7, 11) is 0. The van der Waals surface area contributed by atoms with Gasteiger partial charge >= 0.3 is 0 Å². The van der Waals surface area contributed by atoms with Crippen molar-refractivity contribution in [1.29, 1.82) is 0 Å². The van der Waals surface area contributed by atoms with Gasteiger partial charge in [0.2, 0.25) is 0 Å². The van der Waals surface area contributed by atoms with Crippen molar-refractivity contribution in [2.24, 2.45) is 58.2 Å². The quantitative estimate of drug-likeness (QED) is 0.244. The number of hydrogen-bond donors (Lipinski definition) is 6. The maximum absolute atomic E-state index is 12.3. The lowest BCUT2D eigenvalue weighted by molar-refractivity contribution is -0.314. The summed E-state index contributed by atoms with van der Waals surface area (Å²) in [6, 6.07) is 0. The minimum Gasteiger partial charge on any atom is -0.393 e. The van der Waals surface area contributed by atoms with E-state index in [4.69, 9.17) is 9.47 Å². The van der Waals surface area contributed by atoms with Gasteiger partial charge in [-0.3, -0.25) is 0 Å². The van der Waals surface area contributed by atoms with Crippen LogP contribution in [0, 0.1) is 58.2 Å². The summed E-state index contributed by atoms with van der Waals surface area (Å²) in [5.74, 6) is 1.83. The molecular formula is C35H62O8. The number of aliphatic hydroxyl groups excluding tert-OH is 6. The molecule has 4 saturated carbocycles. The standard InChI is InChI=1S/C35H62O8/c1-8-22(17(2)3)25(37)15-18(4)26-32(43-33-31(41)30(40)28(38)19(5)42-33)29(39)27-23-10-9-20-16-21(36)11-13-34(20,6)24(23)12-14-35(26,27)7/h17-33,36-41H,8-16H2,1-7H3/t18-,19-,20+,21+,22-,23-,24+,25+,26+,27-,28-,29+,30+,31+,32-,33-,34+,35-/m1/s1. The van der Waals surface area contributed by atoms with E-state index in [1.807, 2.05) is 0 Å². The Morgan fingerprint density at radius 3 is 2.19 bits per heavy atom. The first-order valence-electron chi connectivity index (χ1n) is 17.5. The molecular weight excluding hydrogens is 548 g/mol. The van der Waals surface area contributed by atoms with Crippen LogP contribution in [0.15, 0.2) is 0 Å². The zero-order valence-electron chi connectivity index (χ0n) is 27.7. The second-order valence-corrected chi connectivity index (χ2v) is 16.4. The molecule has 0 spiro atoms. The molecule has 8 nitrogen and oxygen atoms in total. The second kappa shape index (κ2) is 12.7. The first kappa shape index (κ1) is 34.0. The Balaban J connectivity index is 1.47. The summed E-state index contributed by atoms with van der Waals surface area (Å²) in [5.41, 5.74) is -0.0753. The average Bonchev–Trinajstić information content (AvgIpc) is 3.16. The summed E-state index contributed by atoms with van der Waals surface area (Å²) in [4.78, 5) is 0. The molecule has 1 aliphatic heterocycles. The fourth-order valence-electron chi connectivity index (χ4n) is 11.6. The fourth-order valence-corrected chi connectivity index (χ4v) is 11.6. The molecule has 0 unspecified atom stereocenters. The summed E-state index contributed by atoms with van der Waals surface area (Å²) >= 11 is 0. The third kappa shape index (κ3) is 5.77. The maximum atomic E-state index is 12.3.